The summed E-state index contributed by atoms with van der Waals surface area (Å²) < 4.78 is 31.0. The molecule has 0 unspecified atom stereocenters. The fourth-order valence-electron chi connectivity index (χ4n) is 1.95. The van der Waals surface area contributed by atoms with Gasteiger partial charge < -0.3 is 15.8 Å². The van der Waals surface area contributed by atoms with Crippen molar-refractivity contribution in [2.24, 2.45) is 0 Å². The van der Waals surface area contributed by atoms with Crippen LogP contribution in [0, 0.1) is 0 Å². The quantitative estimate of drug-likeness (QED) is 0.481. The number of nitrogens with two attached hydrogens (primary N) is 1. The van der Waals surface area contributed by atoms with Crippen LogP contribution in [0.25, 0.3) is 0 Å². The van der Waals surface area contributed by atoms with Gasteiger partial charge in [0.25, 0.3) is 10.0 Å². The molecule has 0 aromatic heterocycles. The lowest BCUT2D eigenvalue weighted by Crippen LogP contribution is -2.34. The standard InChI is InChI=1S/C15H12Cl3N3O5S/c1-26-14(22)9-3-2-7(16)4-12(9)20-15(23)21-27(24,25)8-5-10(17)13(19)11(18)6-8/h2-6H,19H2,1H3,(H2,20,21,23). The van der Waals surface area contributed by atoms with E-state index in [2.05, 4.69) is 10.1 Å². The third-order valence-electron chi connectivity index (χ3n) is 3.23. The topological polar surface area (TPSA) is 128 Å². The summed E-state index contributed by atoms with van der Waals surface area (Å²) in [5.41, 5.74) is 5.49. The number of nitrogen functional groups attached to an aromatic ring is 1. The Labute approximate surface area is 169 Å². The summed E-state index contributed by atoms with van der Waals surface area (Å²) in [7, 11) is -3.17. The fourth-order valence-corrected chi connectivity index (χ4v) is 3.70. The molecule has 27 heavy (non-hydrogen) atoms. The number of benzene rings is 2. The van der Waals surface area contributed by atoms with Crippen LogP contribution < -0.4 is 15.8 Å². The zero-order chi connectivity index (χ0) is 20.4. The number of carbonyl (C=O) groups excluding carboxylic acids is 2. The molecule has 0 atom stereocenters. The number of methoxy groups -OCH3 is 1. The summed E-state index contributed by atoms with van der Waals surface area (Å²) in [5, 5.41) is 2.25. The molecule has 2 amide bonds. The van der Waals surface area contributed by atoms with Gasteiger partial charge in [0.2, 0.25) is 0 Å². The molecule has 0 fully saturated rings. The first-order valence-corrected chi connectivity index (χ1v) is 9.63. The van der Waals surface area contributed by atoms with Gasteiger partial charge in [-0.3, -0.25) is 0 Å². The predicted octanol–water partition coefficient (Wildman–Crippen LogP) is 3.53. The molecule has 4 N–H and O–H groups in total. The van der Waals surface area contributed by atoms with Gasteiger partial charge in [0.1, 0.15) is 0 Å². The van der Waals surface area contributed by atoms with E-state index in [1.165, 1.54) is 18.2 Å². The van der Waals surface area contributed by atoms with Gasteiger partial charge in [0, 0.05) is 5.02 Å². The normalized spacial score (nSPS) is 11.0. The van der Waals surface area contributed by atoms with Gasteiger partial charge in [-0.05, 0) is 30.3 Å². The number of urea groups is 1. The Balaban J connectivity index is 2.28. The lowest BCUT2D eigenvalue weighted by atomic mass is 10.2. The van der Waals surface area contributed by atoms with Crippen LogP contribution in [0.5, 0.6) is 0 Å². The average molecular weight is 453 g/mol. The molecule has 0 bridgehead atoms. The number of rotatable bonds is 4. The molecular formula is C15H12Cl3N3O5S. The maximum absolute atomic E-state index is 12.3. The lowest BCUT2D eigenvalue weighted by Gasteiger charge is -2.12. The number of hydrogen-bond donors (Lipinski definition) is 3. The molecule has 0 spiro atoms. The van der Waals surface area contributed by atoms with Crippen molar-refractivity contribution >= 4 is 68.2 Å². The Morgan fingerprint density at radius 3 is 2.22 bits per heavy atom. The molecule has 0 aliphatic heterocycles. The molecule has 0 aliphatic rings. The summed E-state index contributed by atoms with van der Waals surface area (Å²) in [6, 6.07) is 4.92. The highest BCUT2D eigenvalue weighted by molar-refractivity contribution is 7.90. The molecule has 2 aromatic carbocycles. The van der Waals surface area contributed by atoms with Crippen molar-refractivity contribution in [3.8, 4) is 0 Å². The van der Waals surface area contributed by atoms with Gasteiger partial charge in [-0.25, -0.2) is 22.7 Å². The first kappa shape index (κ1) is 21.1. The first-order valence-electron chi connectivity index (χ1n) is 7.01. The summed E-state index contributed by atoms with van der Waals surface area (Å²) in [4.78, 5) is 23.5. The number of halogens is 3. The van der Waals surface area contributed by atoms with Crippen molar-refractivity contribution < 1.29 is 22.7 Å². The molecule has 144 valence electrons. The van der Waals surface area contributed by atoms with Crippen LogP contribution in [-0.4, -0.2) is 27.5 Å². The largest absolute Gasteiger partial charge is 0.465 e. The van der Waals surface area contributed by atoms with Crippen molar-refractivity contribution in [3.63, 3.8) is 0 Å². The molecule has 0 saturated heterocycles. The number of carbonyl (C=O) groups is 2. The van der Waals surface area contributed by atoms with Crippen molar-refractivity contribution in [1.82, 2.24) is 4.72 Å². The van der Waals surface area contributed by atoms with E-state index in [9.17, 15) is 18.0 Å². The third kappa shape index (κ3) is 4.95. The van der Waals surface area contributed by atoms with Gasteiger partial charge in [0.15, 0.2) is 0 Å². The zero-order valence-corrected chi connectivity index (χ0v) is 16.6. The van der Waals surface area contributed by atoms with Crippen LogP contribution in [0.3, 0.4) is 0 Å². The van der Waals surface area contributed by atoms with Gasteiger partial charge in [0.05, 0.1) is 39.0 Å². The highest BCUT2D eigenvalue weighted by Crippen LogP contribution is 2.30. The van der Waals surface area contributed by atoms with E-state index in [4.69, 9.17) is 40.5 Å². The molecule has 2 rings (SSSR count). The van der Waals surface area contributed by atoms with E-state index in [1.54, 1.807) is 4.72 Å². The summed E-state index contributed by atoms with van der Waals surface area (Å²) in [6.07, 6.45) is 0. The van der Waals surface area contributed by atoms with Gasteiger partial charge >= 0.3 is 12.0 Å². The number of esters is 1. The summed E-state index contributed by atoms with van der Waals surface area (Å²) >= 11 is 17.5. The Kier molecular flexibility index (Phi) is 6.42. The highest BCUT2D eigenvalue weighted by Gasteiger charge is 2.22. The van der Waals surface area contributed by atoms with Crippen molar-refractivity contribution in [3.05, 3.63) is 51.0 Å². The first-order chi connectivity index (χ1) is 12.5. The minimum Gasteiger partial charge on any atom is -0.465 e. The molecule has 2 aromatic rings. The second kappa shape index (κ2) is 8.22. The Bertz CT molecular complexity index is 1000. The van der Waals surface area contributed by atoms with Crippen LogP contribution >= 0.6 is 34.8 Å². The van der Waals surface area contributed by atoms with E-state index >= 15 is 0 Å². The molecule has 8 nitrogen and oxygen atoms in total. The lowest BCUT2D eigenvalue weighted by molar-refractivity contribution is 0.0602. The number of sulfonamides is 1. The zero-order valence-electron chi connectivity index (χ0n) is 13.5. The van der Waals surface area contributed by atoms with E-state index in [-0.39, 0.29) is 36.9 Å². The van der Waals surface area contributed by atoms with Crippen LogP contribution in [0.1, 0.15) is 10.4 Å². The smallest absolute Gasteiger partial charge is 0.339 e. The molecule has 0 aliphatic carbocycles. The van der Waals surface area contributed by atoms with E-state index in [1.807, 2.05) is 0 Å². The van der Waals surface area contributed by atoms with Gasteiger partial charge in [-0.15, -0.1) is 0 Å². The van der Waals surface area contributed by atoms with Crippen LogP contribution in [0.4, 0.5) is 16.2 Å². The van der Waals surface area contributed by atoms with Crippen LogP contribution in [0.15, 0.2) is 35.2 Å². The average Bonchev–Trinajstić information content (AvgIpc) is 2.58. The summed E-state index contributed by atoms with van der Waals surface area (Å²) in [5.74, 6) is -0.748. The monoisotopic (exact) mass is 451 g/mol. The maximum Gasteiger partial charge on any atom is 0.339 e. The highest BCUT2D eigenvalue weighted by atomic mass is 35.5. The number of nitrogens with one attached hydrogen (secondary N) is 2. The maximum atomic E-state index is 12.3. The van der Waals surface area contributed by atoms with Crippen molar-refractivity contribution in [2.45, 2.75) is 4.90 Å². The molecule has 0 saturated carbocycles. The van der Waals surface area contributed by atoms with Crippen molar-refractivity contribution in [2.75, 3.05) is 18.2 Å². The number of hydrogen-bond acceptors (Lipinski definition) is 6. The minimum absolute atomic E-state index is 0.00313. The molecule has 0 heterocycles. The van der Waals surface area contributed by atoms with Crippen LogP contribution in [-0.2, 0) is 14.8 Å². The van der Waals surface area contributed by atoms with Crippen LogP contribution in [0.2, 0.25) is 15.1 Å². The summed E-state index contributed by atoms with van der Waals surface area (Å²) in [6.45, 7) is 0. The molecule has 12 heteroatoms. The Hall–Kier alpha value is -2.20. The number of ether oxygens (including phenoxy) is 1. The SMILES string of the molecule is COC(=O)c1ccc(Cl)cc1NC(=O)NS(=O)(=O)c1cc(Cl)c(N)c(Cl)c1. The molecular weight excluding hydrogens is 441 g/mol. The second-order valence-corrected chi connectivity index (χ2v) is 7.97. The molecule has 0 radical (unpaired) electrons. The van der Waals surface area contributed by atoms with E-state index < -0.39 is 22.0 Å². The second-order valence-electron chi connectivity index (χ2n) is 5.04. The van der Waals surface area contributed by atoms with Gasteiger partial charge in [-0.1, -0.05) is 34.8 Å². The Morgan fingerprint density at radius 1 is 1.07 bits per heavy atom. The fraction of sp³-hybridized carbons (Fsp3) is 0.0667. The third-order valence-corrected chi connectivity index (χ3v) is 5.40. The minimum atomic E-state index is -4.33. The number of anilines is 2. The number of amides is 2. The van der Waals surface area contributed by atoms with Gasteiger partial charge in [-0.2, -0.15) is 0 Å². The Morgan fingerprint density at radius 2 is 1.67 bits per heavy atom. The predicted molar refractivity (Wildman–Crippen MR) is 103 cm³/mol. The van der Waals surface area contributed by atoms with Crippen molar-refractivity contribution in [1.29, 1.82) is 0 Å². The van der Waals surface area contributed by atoms with E-state index in [0.29, 0.717) is 0 Å². The van der Waals surface area contributed by atoms with E-state index in [0.717, 1.165) is 19.2 Å².